The number of para-hydroxylation sites is 1. The molecule has 0 aromatic heterocycles. The maximum atomic E-state index is 9.45. The van der Waals surface area contributed by atoms with Gasteiger partial charge in [-0.05, 0) is 17.0 Å². The van der Waals surface area contributed by atoms with Crippen LogP contribution in [0.4, 0.5) is 0 Å². The van der Waals surface area contributed by atoms with Crippen LogP contribution >= 0.6 is 0 Å². The molecular formula is C15H19I2OTi-3. The van der Waals surface area contributed by atoms with Gasteiger partial charge in [0, 0.05) is 21.7 Å². The van der Waals surface area contributed by atoms with Crippen LogP contribution in [0.3, 0.4) is 0 Å². The quantitative estimate of drug-likeness (QED) is 0.240. The molecule has 2 rings (SSSR count). The SMILES string of the molecule is CC(C)(C)c1ccccc1O.[C-]1=CC=CC1.[I-].[I-].[Ti]. The second-order valence-corrected chi connectivity index (χ2v) is 4.77. The average molecular weight is 517 g/mol. The molecule has 1 nitrogen and oxygen atoms in total. The number of allylic oxidation sites excluding steroid dienone is 4. The number of aromatic hydroxyl groups is 1. The Kier molecular flexibility index (Phi) is 16.1. The Hall–Kier alpha value is 0.674. The molecule has 1 aliphatic carbocycles. The second-order valence-electron chi connectivity index (χ2n) is 4.77. The molecule has 0 amide bonds. The Labute approximate surface area is 165 Å². The van der Waals surface area contributed by atoms with Crippen LogP contribution in [0.2, 0.25) is 0 Å². The van der Waals surface area contributed by atoms with Crippen molar-refractivity contribution >= 4 is 0 Å². The van der Waals surface area contributed by atoms with E-state index in [0.29, 0.717) is 5.75 Å². The van der Waals surface area contributed by atoms with Crippen molar-refractivity contribution in [3.8, 4) is 5.75 Å². The van der Waals surface area contributed by atoms with E-state index in [0.717, 1.165) is 12.0 Å². The maximum Gasteiger partial charge on any atom is 0.119 e. The number of phenolic OH excluding ortho intramolecular Hbond substituents is 1. The minimum atomic E-state index is 0. The van der Waals surface area contributed by atoms with Gasteiger partial charge in [-0.25, -0.2) is 12.2 Å². The van der Waals surface area contributed by atoms with Gasteiger partial charge in [-0.15, -0.1) is 6.42 Å². The van der Waals surface area contributed by atoms with E-state index in [4.69, 9.17) is 0 Å². The molecule has 1 N–H and O–H groups in total. The summed E-state index contributed by atoms with van der Waals surface area (Å²) in [5, 5.41) is 9.45. The fraction of sp³-hybridized carbons (Fsp3) is 0.333. The van der Waals surface area contributed by atoms with Gasteiger partial charge in [-0.3, -0.25) is 6.08 Å². The zero-order valence-corrected chi connectivity index (χ0v) is 17.3. The summed E-state index contributed by atoms with van der Waals surface area (Å²) >= 11 is 0. The molecule has 4 heteroatoms. The molecule has 0 bridgehead atoms. The van der Waals surface area contributed by atoms with Crippen molar-refractivity contribution in [2.75, 3.05) is 0 Å². The minimum Gasteiger partial charge on any atom is -1.00 e. The van der Waals surface area contributed by atoms with Gasteiger partial charge in [0.25, 0.3) is 0 Å². The first kappa shape index (κ1) is 24.7. The third-order valence-corrected chi connectivity index (χ3v) is 2.30. The van der Waals surface area contributed by atoms with E-state index in [9.17, 15) is 5.11 Å². The Morgan fingerprint density at radius 3 is 1.95 bits per heavy atom. The van der Waals surface area contributed by atoms with Crippen molar-refractivity contribution in [2.45, 2.75) is 32.6 Å². The number of halogens is 2. The maximum absolute atomic E-state index is 9.45. The molecular weight excluding hydrogens is 498 g/mol. The van der Waals surface area contributed by atoms with Gasteiger partial charge in [0.05, 0.1) is 0 Å². The molecule has 1 aromatic carbocycles. The van der Waals surface area contributed by atoms with E-state index in [-0.39, 0.29) is 75.1 Å². The molecule has 0 saturated carbocycles. The van der Waals surface area contributed by atoms with Crippen LogP contribution < -0.4 is 48.0 Å². The number of phenols is 1. The van der Waals surface area contributed by atoms with Gasteiger partial charge >= 0.3 is 0 Å². The fourth-order valence-electron chi connectivity index (χ4n) is 1.45. The zero-order valence-electron chi connectivity index (χ0n) is 11.5. The molecule has 0 radical (unpaired) electrons. The van der Waals surface area contributed by atoms with Crippen molar-refractivity contribution in [2.24, 2.45) is 0 Å². The topological polar surface area (TPSA) is 20.2 Å². The van der Waals surface area contributed by atoms with E-state index in [1.165, 1.54) is 0 Å². The Bertz CT molecular complexity index is 385. The van der Waals surface area contributed by atoms with Gasteiger partial charge in [0.1, 0.15) is 5.75 Å². The molecule has 0 heterocycles. The summed E-state index contributed by atoms with van der Waals surface area (Å²) < 4.78 is 0. The summed E-state index contributed by atoms with van der Waals surface area (Å²) in [5.74, 6) is 0.389. The first-order valence-corrected chi connectivity index (χ1v) is 5.52. The Morgan fingerprint density at radius 1 is 1.11 bits per heavy atom. The third-order valence-electron chi connectivity index (χ3n) is 2.30. The standard InChI is InChI=1S/C10H14O.C5H5.2HI.Ti/c1-10(2,3)8-6-4-5-7-9(8)11;1-2-4-5-3-1;;;/h4-7,11H,1-3H3;1-3H,4H2;2*1H;/q;-1;;;/p-2. The van der Waals surface area contributed by atoms with Gasteiger partial charge in [0.2, 0.25) is 0 Å². The zero-order chi connectivity index (χ0) is 12.0. The van der Waals surface area contributed by atoms with E-state index >= 15 is 0 Å². The number of rotatable bonds is 0. The Morgan fingerprint density at radius 2 is 1.68 bits per heavy atom. The van der Waals surface area contributed by atoms with Crippen LogP contribution in [0.15, 0.2) is 42.5 Å². The minimum absolute atomic E-state index is 0. The molecule has 1 aromatic rings. The molecule has 0 spiro atoms. The Balaban J connectivity index is -0.000000277. The second kappa shape index (κ2) is 12.4. The van der Waals surface area contributed by atoms with Gasteiger partial charge in [-0.1, -0.05) is 39.0 Å². The predicted octanol–water partition coefficient (Wildman–Crippen LogP) is -2.00. The van der Waals surface area contributed by atoms with Crippen molar-refractivity contribution < 1.29 is 74.8 Å². The largest absolute Gasteiger partial charge is 1.00 e. The smallest absolute Gasteiger partial charge is 0.119 e. The third kappa shape index (κ3) is 10.1. The van der Waals surface area contributed by atoms with E-state index in [2.05, 4.69) is 32.9 Å². The van der Waals surface area contributed by atoms with Crippen LogP contribution in [0.1, 0.15) is 32.8 Å². The molecule has 0 atom stereocenters. The van der Waals surface area contributed by atoms with Gasteiger partial charge in [-0.2, -0.15) is 6.08 Å². The van der Waals surface area contributed by atoms with E-state index < -0.39 is 0 Å². The van der Waals surface area contributed by atoms with Crippen molar-refractivity contribution in [1.82, 2.24) is 0 Å². The first-order chi connectivity index (χ1) is 7.52. The summed E-state index contributed by atoms with van der Waals surface area (Å²) in [5.41, 5.74) is 1.03. The van der Waals surface area contributed by atoms with Gasteiger partial charge in [0.15, 0.2) is 0 Å². The van der Waals surface area contributed by atoms with Crippen molar-refractivity contribution in [3.63, 3.8) is 0 Å². The van der Waals surface area contributed by atoms with E-state index in [1.54, 1.807) is 6.07 Å². The predicted molar refractivity (Wildman–Crippen MR) is 68.4 cm³/mol. The first-order valence-electron chi connectivity index (χ1n) is 5.52. The molecule has 0 unspecified atom stereocenters. The van der Waals surface area contributed by atoms with Crippen LogP contribution in [-0.4, -0.2) is 5.11 Å². The van der Waals surface area contributed by atoms with Crippen molar-refractivity contribution in [3.05, 3.63) is 54.1 Å². The summed E-state index contributed by atoms with van der Waals surface area (Å²) in [6.07, 6.45) is 10.0. The molecule has 0 aliphatic heterocycles. The van der Waals surface area contributed by atoms with Gasteiger partial charge < -0.3 is 53.1 Å². The molecule has 0 saturated heterocycles. The monoisotopic (exact) mass is 517 g/mol. The van der Waals surface area contributed by atoms with E-state index in [1.807, 2.05) is 30.4 Å². The summed E-state index contributed by atoms with van der Waals surface area (Å²) in [6.45, 7) is 6.26. The summed E-state index contributed by atoms with van der Waals surface area (Å²) in [4.78, 5) is 0. The molecule has 1 aliphatic rings. The molecule has 0 fully saturated rings. The average Bonchev–Trinajstić information content (AvgIpc) is 2.74. The number of hydrogen-bond donors (Lipinski definition) is 1. The van der Waals surface area contributed by atoms with Crippen molar-refractivity contribution in [1.29, 1.82) is 0 Å². The molecule has 19 heavy (non-hydrogen) atoms. The fourth-order valence-corrected chi connectivity index (χ4v) is 1.45. The van der Waals surface area contributed by atoms with Crippen LogP contribution in [0.25, 0.3) is 0 Å². The normalized spacial score (nSPS) is 11.3. The summed E-state index contributed by atoms with van der Waals surface area (Å²) in [6, 6.07) is 7.46. The summed E-state index contributed by atoms with van der Waals surface area (Å²) in [7, 11) is 0. The number of hydrogen-bond acceptors (Lipinski definition) is 1. The number of benzene rings is 1. The molecule has 106 valence electrons. The van der Waals surface area contributed by atoms with Crippen LogP contribution in [0, 0.1) is 6.08 Å². The van der Waals surface area contributed by atoms with Crippen LogP contribution in [-0.2, 0) is 27.1 Å². The van der Waals surface area contributed by atoms with Crippen LogP contribution in [0.5, 0.6) is 5.75 Å².